The van der Waals surface area contributed by atoms with Crippen LogP contribution in [0.1, 0.15) is 5.56 Å². The van der Waals surface area contributed by atoms with Gasteiger partial charge < -0.3 is 15.4 Å². The standard InChI is InChI=1S/C12H14N4O4/c1-20-5-4-14-8-12(17)15-10-3-2-9(7-13)6-11(10)16(18)19/h2-3,6,14H,4-5,8H2,1H3,(H,15,17). The van der Waals surface area contributed by atoms with E-state index in [-0.39, 0.29) is 23.5 Å². The van der Waals surface area contributed by atoms with Crippen LogP contribution in [0.4, 0.5) is 11.4 Å². The van der Waals surface area contributed by atoms with Gasteiger partial charge in [-0.3, -0.25) is 14.9 Å². The summed E-state index contributed by atoms with van der Waals surface area (Å²) in [4.78, 5) is 21.8. The second-order valence-electron chi connectivity index (χ2n) is 3.82. The molecule has 0 fully saturated rings. The molecule has 20 heavy (non-hydrogen) atoms. The maximum absolute atomic E-state index is 11.6. The molecule has 0 bridgehead atoms. The number of carbonyl (C=O) groups is 1. The summed E-state index contributed by atoms with van der Waals surface area (Å²) in [5.41, 5.74) is -0.0882. The van der Waals surface area contributed by atoms with E-state index in [0.29, 0.717) is 13.2 Å². The molecule has 0 radical (unpaired) electrons. The van der Waals surface area contributed by atoms with E-state index in [1.54, 1.807) is 7.11 Å². The molecule has 1 rings (SSSR count). The molecule has 0 aromatic heterocycles. The highest BCUT2D eigenvalue weighted by Gasteiger charge is 2.16. The molecule has 0 heterocycles. The third-order valence-electron chi connectivity index (χ3n) is 2.37. The predicted octanol–water partition coefficient (Wildman–Crippen LogP) is 0.641. The molecule has 0 aliphatic heterocycles. The minimum Gasteiger partial charge on any atom is -0.383 e. The van der Waals surface area contributed by atoms with Crippen molar-refractivity contribution in [2.45, 2.75) is 0 Å². The Hall–Kier alpha value is -2.50. The van der Waals surface area contributed by atoms with Crippen molar-refractivity contribution >= 4 is 17.3 Å². The highest BCUT2D eigenvalue weighted by atomic mass is 16.6. The minimum atomic E-state index is -0.644. The number of nitriles is 1. The second-order valence-corrected chi connectivity index (χ2v) is 3.82. The lowest BCUT2D eigenvalue weighted by atomic mass is 10.2. The summed E-state index contributed by atoms with van der Waals surface area (Å²) < 4.78 is 4.80. The van der Waals surface area contributed by atoms with Gasteiger partial charge in [-0.25, -0.2) is 0 Å². The Bertz CT molecular complexity index is 539. The van der Waals surface area contributed by atoms with Crippen LogP contribution < -0.4 is 10.6 Å². The van der Waals surface area contributed by atoms with Gasteiger partial charge in [0.25, 0.3) is 5.69 Å². The molecular formula is C12H14N4O4. The summed E-state index contributed by atoms with van der Waals surface area (Å²) >= 11 is 0. The topological polar surface area (TPSA) is 117 Å². The second kappa shape index (κ2) is 7.83. The number of hydrogen-bond donors (Lipinski definition) is 2. The van der Waals surface area contributed by atoms with Crippen LogP contribution in [-0.4, -0.2) is 37.6 Å². The molecule has 0 saturated heterocycles. The van der Waals surface area contributed by atoms with E-state index in [9.17, 15) is 14.9 Å². The molecule has 8 heteroatoms. The molecule has 0 aliphatic carbocycles. The lowest BCUT2D eigenvalue weighted by Crippen LogP contribution is -2.30. The Labute approximate surface area is 115 Å². The van der Waals surface area contributed by atoms with E-state index in [2.05, 4.69) is 10.6 Å². The largest absolute Gasteiger partial charge is 0.383 e. The zero-order chi connectivity index (χ0) is 15.0. The Kier molecular flexibility index (Phi) is 6.09. The highest BCUT2D eigenvalue weighted by molar-refractivity contribution is 5.94. The maximum atomic E-state index is 11.6. The number of nitrogens with one attached hydrogen (secondary N) is 2. The van der Waals surface area contributed by atoms with E-state index in [1.807, 2.05) is 6.07 Å². The van der Waals surface area contributed by atoms with Gasteiger partial charge >= 0.3 is 0 Å². The number of benzene rings is 1. The van der Waals surface area contributed by atoms with Crippen LogP contribution in [0.5, 0.6) is 0 Å². The molecule has 0 atom stereocenters. The molecule has 0 aliphatic rings. The zero-order valence-corrected chi connectivity index (χ0v) is 10.9. The van der Waals surface area contributed by atoms with Crippen molar-refractivity contribution in [2.24, 2.45) is 0 Å². The van der Waals surface area contributed by atoms with Gasteiger partial charge in [-0.15, -0.1) is 0 Å². The van der Waals surface area contributed by atoms with Crippen molar-refractivity contribution in [3.8, 4) is 6.07 Å². The quantitative estimate of drug-likeness (QED) is 0.429. The smallest absolute Gasteiger partial charge is 0.294 e. The molecular weight excluding hydrogens is 264 g/mol. The van der Waals surface area contributed by atoms with Gasteiger partial charge in [-0.2, -0.15) is 5.26 Å². The molecule has 1 amide bonds. The monoisotopic (exact) mass is 278 g/mol. The molecule has 1 aromatic rings. The van der Waals surface area contributed by atoms with Crippen LogP contribution in [0.3, 0.4) is 0 Å². The summed E-state index contributed by atoms with van der Waals surface area (Å²) in [6.45, 7) is 0.976. The van der Waals surface area contributed by atoms with Crippen molar-refractivity contribution in [2.75, 3.05) is 32.1 Å². The van der Waals surface area contributed by atoms with Crippen molar-refractivity contribution in [3.63, 3.8) is 0 Å². The molecule has 8 nitrogen and oxygen atoms in total. The number of anilines is 1. The fourth-order valence-corrected chi connectivity index (χ4v) is 1.43. The average Bonchev–Trinajstić information content (AvgIpc) is 2.43. The van der Waals surface area contributed by atoms with E-state index in [0.717, 1.165) is 6.07 Å². The summed E-state index contributed by atoms with van der Waals surface area (Å²) in [7, 11) is 1.54. The SMILES string of the molecule is COCCNCC(=O)Nc1ccc(C#N)cc1[N+](=O)[O-]. The fourth-order valence-electron chi connectivity index (χ4n) is 1.43. The first-order valence-electron chi connectivity index (χ1n) is 5.76. The number of hydrogen-bond acceptors (Lipinski definition) is 6. The van der Waals surface area contributed by atoms with Crippen molar-refractivity contribution < 1.29 is 14.5 Å². The minimum absolute atomic E-state index is 0.0144. The molecule has 0 spiro atoms. The average molecular weight is 278 g/mol. The van der Waals surface area contributed by atoms with Crippen molar-refractivity contribution in [1.29, 1.82) is 5.26 Å². The summed E-state index contributed by atoms with van der Waals surface area (Å²) in [6.07, 6.45) is 0. The summed E-state index contributed by atoms with van der Waals surface area (Å²) in [6, 6.07) is 5.67. The number of amides is 1. The number of nitro groups is 1. The maximum Gasteiger partial charge on any atom is 0.294 e. The van der Waals surface area contributed by atoms with Gasteiger partial charge in [0.15, 0.2) is 0 Å². The molecule has 2 N–H and O–H groups in total. The normalized spacial score (nSPS) is 9.80. The van der Waals surface area contributed by atoms with Gasteiger partial charge in [0, 0.05) is 19.7 Å². The van der Waals surface area contributed by atoms with Gasteiger partial charge in [-0.1, -0.05) is 0 Å². The van der Waals surface area contributed by atoms with E-state index in [4.69, 9.17) is 10.00 Å². The first-order chi connectivity index (χ1) is 9.58. The number of nitrogens with zero attached hydrogens (tertiary/aromatic N) is 2. The zero-order valence-electron chi connectivity index (χ0n) is 10.9. The van der Waals surface area contributed by atoms with Gasteiger partial charge in [-0.05, 0) is 12.1 Å². The number of nitro benzene ring substituents is 1. The first-order valence-corrected chi connectivity index (χ1v) is 5.76. The van der Waals surface area contributed by atoms with E-state index in [1.165, 1.54) is 12.1 Å². The molecule has 1 aromatic carbocycles. The summed E-state index contributed by atoms with van der Waals surface area (Å²) in [5.74, 6) is -0.408. The van der Waals surface area contributed by atoms with Crippen LogP contribution in [0.2, 0.25) is 0 Å². The number of carbonyl (C=O) groups excluding carboxylic acids is 1. The number of methoxy groups -OCH3 is 1. The van der Waals surface area contributed by atoms with Crippen LogP contribution in [-0.2, 0) is 9.53 Å². The van der Waals surface area contributed by atoms with E-state index >= 15 is 0 Å². The Morgan fingerprint density at radius 1 is 1.55 bits per heavy atom. The van der Waals surface area contributed by atoms with Crippen molar-refractivity contribution in [3.05, 3.63) is 33.9 Å². The third-order valence-corrected chi connectivity index (χ3v) is 2.37. The number of ether oxygens (including phenoxy) is 1. The highest BCUT2D eigenvalue weighted by Crippen LogP contribution is 2.25. The first kappa shape index (κ1) is 15.6. The molecule has 0 saturated carbocycles. The molecule has 0 unspecified atom stereocenters. The number of rotatable bonds is 7. The summed E-state index contributed by atoms with van der Waals surface area (Å²) in [5, 5.41) is 24.8. The van der Waals surface area contributed by atoms with Gasteiger partial charge in [0.2, 0.25) is 5.91 Å². The Morgan fingerprint density at radius 3 is 2.90 bits per heavy atom. The lowest BCUT2D eigenvalue weighted by molar-refractivity contribution is -0.383. The van der Waals surface area contributed by atoms with Crippen LogP contribution in [0.25, 0.3) is 0 Å². The Balaban J connectivity index is 2.69. The Morgan fingerprint density at radius 2 is 2.30 bits per heavy atom. The fraction of sp³-hybridized carbons (Fsp3) is 0.333. The van der Waals surface area contributed by atoms with Gasteiger partial charge in [0.1, 0.15) is 5.69 Å². The van der Waals surface area contributed by atoms with Crippen molar-refractivity contribution in [1.82, 2.24) is 5.32 Å². The van der Waals surface area contributed by atoms with E-state index < -0.39 is 10.8 Å². The molecule has 106 valence electrons. The third kappa shape index (κ3) is 4.64. The lowest BCUT2D eigenvalue weighted by Gasteiger charge is -2.07. The predicted molar refractivity (Wildman–Crippen MR) is 71.2 cm³/mol. The van der Waals surface area contributed by atoms with Crippen LogP contribution >= 0.6 is 0 Å². The van der Waals surface area contributed by atoms with Gasteiger partial charge in [0.05, 0.1) is 29.7 Å². The van der Waals surface area contributed by atoms with Crippen LogP contribution in [0.15, 0.2) is 18.2 Å². The van der Waals surface area contributed by atoms with Crippen LogP contribution in [0, 0.1) is 21.4 Å².